The fourth-order valence-corrected chi connectivity index (χ4v) is 1.74. The van der Waals surface area contributed by atoms with Crippen LogP contribution in [0.3, 0.4) is 0 Å². The number of carbonyl (C=O) groups excluding carboxylic acids is 1. The molecule has 0 atom stereocenters. The molecule has 0 unspecified atom stereocenters. The van der Waals surface area contributed by atoms with E-state index in [1.807, 2.05) is 13.1 Å². The van der Waals surface area contributed by atoms with Gasteiger partial charge in [-0.2, -0.15) is 5.43 Å². The molecule has 2 heterocycles. The molecule has 2 rings (SSSR count). The zero-order chi connectivity index (χ0) is 10.7. The van der Waals surface area contributed by atoms with Crippen molar-refractivity contribution >= 4 is 11.6 Å². The van der Waals surface area contributed by atoms with E-state index >= 15 is 0 Å². The van der Waals surface area contributed by atoms with Gasteiger partial charge in [0, 0.05) is 24.8 Å². The molecule has 5 nitrogen and oxygen atoms in total. The molecule has 0 radical (unpaired) electrons. The first-order chi connectivity index (χ1) is 7.27. The number of hydrogen-bond donors (Lipinski definition) is 2. The number of amides is 1. The number of rotatable bonds is 2. The lowest BCUT2D eigenvalue weighted by Crippen LogP contribution is -2.69. The third-order valence-corrected chi connectivity index (χ3v) is 2.67. The standard InChI is InChI=1S/C10H15N3O2/c1-7-6-11-13-9(7)10(14)12-8-2-4-15-5-3-8/h6,8H,2-5H2,1H3,(H,11,13)(H,12,14)/p+1. The molecule has 3 N–H and O–H groups in total. The molecule has 0 bridgehead atoms. The molecule has 0 aromatic rings. The van der Waals surface area contributed by atoms with Crippen molar-refractivity contribution in [2.24, 2.45) is 5.10 Å². The topological polar surface area (TPSA) is 67.3 Å². The number of carbonyl (C=O) groups is 1. The highest BCUT2D eigenvalue weighted by Crippen LogP contribution is 2.07. The highest BCUT2D eigenvalue weighted by Gasteiger charge is 2.23. The predicted molar refractivity (Wildman–Crippen MR) is 55.1 cm³/mol. The Labute approximate surface area is 88.6 Å². The summed E-state index contributed by atoms with van der Waals surface area (Å²) in [6.45, 7) is 3.36. The van der Waals surface area contributed by atoms with Crippen LogP contribution in [0, 0.1) is 0 Å². The maximum Gasteiger partial charge on any atom is 0.276 e. The van der Waals surface area contributed by atoms with Gasteiger partial charge in [0.15, 0.2) is 5.71 Å². The average Bonchev–Trinajstić information content (AvgIpc) is 2.66. The number of quaternary nitrogens is 1. The molecule has 1 fully saturated rings. The van der Waals surface area contributed by atoms with E-state index in [9.17, 15) is 4.79 Å². The van der Waals surface area contributed by atoms with Gasteiger partial charge < -0.3 is 10.1 Å². The summed E-state index contributed by atoms with van der Waals surface area (Å²) in [6.07, 6.45) is 3.63. The average molecular weight is 210 g/mol. The van der Waals surface area contributed by atoms with Gasteiger partial charge in [-0.05, 0) is 19.8 Å². The van der Waals surface area contributed by atoms with Gasteiger partial charge in [-0.15, -0.1) is 0 Å². The Hall–Kier alpha value is -1.20. The van der Waals surface area contributed by atoms with Crippen molar-refractivity contribution in [3.63, 3.8) is 0 Å². The van der Waals surface area contributed by atoms with E-state index in [2.05, 4.69) is 10.4 Å². The third kappa shape index (κ3) is 2.43. The molecule has 0 aliphatic carbocycles. The van der Waals surface area contributed by atoms with Gasteiger partial charge >= 0.3 is 0 Å². The molecule has 1 amide bonds. The molecule has 5 heteroatoms. The van der Waals surface area contributed by atoms with E-state index in [4.69, 9.17) is 4.74 Å². The van der Waals surface area contributed by atoms with E-state index in [1.165, 1.54) is 0 Å². The zero-order valence-corrected chi connectivity index (χ0v) is 8.82. The summed E-state index contributed by atoms with van der Waals surface area (Å²) in [4.78, 5) is 11.8. The van der Waals surface area contributed by atoms with Crippen LogP contribution in [0.2, 0.25) is 0 Å². The number of ether oxygens (including phenoxy) is 1. The predicted octanol–water partition coefficient (Wildman–Crippen LogP) is -0.882. The molecule has 15 heavy (non-hydrogen) atoms. The van der Waals surface area contributed by atoms with Crippen LogP contribution in [0.5, 0.6) is 0 Å². The Morgan fingerprint density at radius 3 is 2.93 bits per heavy atom. The highest BCUT2D eigenvalue weighted by molar-refractivity contribution is 6.45. The number of hydrogen-bond acceptors (Lipinski definition) is 3. The van der Waals surface area contributed by atoms with E-state index in [1.54, 1.807) is 5.43 Å². The minimum atomic E-state index is -0.0654. The summed E-state index contributed by atoms with van der Waals surface area (Å²) >= 11 is 0. The van der Waals surface area contributed by atoms with Gasteiger partial charge in [0.2, 0.25) is 0 Å². The summed E-state index contributed by atoms with van der Waals surface area (Å²) in [5, 5.41) is 7.02. The molecule has 2 aliphatic heterocycles. The van der Waals surface area contributed by atoms with Crippen LogP contribution in [-0.2, 0) is 9.53 Å². The van der Waals surface area contributed by atoms with Crippen LogP contribution in [-0.4, -0.2) is 30.9 Å². The molecular formula is C10H16N3O2+. The van der Waals surface area contributed by atoms with Crippen molar-refractivity contribution in [3.8, 4) is 0 Å². The molecule has 0 spiro atoms. The van der Waals surface area contributed by atoms with Gasteiger partial charge in [-0.3, -0.25) is 4.79 Å². The molecule has 1 saturated heterocycles. The first kappa shape index (κ1) is 10.3. The summed E-state index contributed by atoms with van der Waals surface area (Å²) in [7, 11) is 0. The van der Waals surface area contributed by atoms with E-state index < -0.39 is 0 Å². The quantitative estimate of drug-likeness (QED) is 0.581. The van der Waals surface area contributed by atoms with Crippen molar-refractivity contribution in [2.45, 2.75) is 25.8 Å². The van der Waals surface area contributed by atoms with Crippen LogP contribution in [0.4, 0.5) is 0 Å². The fraction of sp³-hybridized carbons (Fsp3) is 0.600. The van der Waals surface area contributed by atoms with Crippen molar-refractivity contribution in [3.05, 3.63) is 11.8 Å². The Kier molecular flexibility index (Phi) is 3.13. The monoisotopic (exact) mass is 210 g/mol. The van der Waals surface area contributed by atoms with E-state index in [0.29, 0.717) is 5.71 Å². The molecule has 0 aromatic heterocycles. The van der Waals surface area contributed by atoms with E-state index in [-0.39, 0.29) is 11.9 Å². The summed E-state index contributed by atoms with van der Waals surface area (Å²) in [5.74, 6) is -0.0654. The first-order valence-electron chi connectivity index (χ1n) is 5.24. The van der Waals surface area contributed by atoms with Crippen molar-refractivity contribution in [1.29, 1.82) is 0 Å². The van der Waals surface area contributed by atoms with Crippen LogP contribution < -0.4 is 10.7 Å². The smallest absolute Gasteiger partial charge is 0.276 e. The Morgan fingerprint density at radius 2 is 2.33 bits per heavy atom. The SMILES string of the molecule is CC1=C[NH2+]N=C1C(=O)NC1CCOCC1. The Balaban J connectivity index is 1.89. The summed E-state index contributed by atoms with van der Waals surface area (Å²) in [6, 6.07) is 0.238. The number of nitrogens with zero attached hydrogens (tertiary/aromatic N) is 1. The van der Waals surface area contributed by atoms with Crippen molar-refractivity contribution in [1.82, 2.24) is 5.32 Å². The van der Waals surface area contributed by atoms with Crippen molar-refractivity contribution < 1.29 is 15.0 Å². The normalized spacial score (nSPS) is 22.2. The maximum atomic E-state index is 11.8. The Morgan fingerprint density at radius 1 is 1.60 bits per heavy atom. The molecule has 0 saturated carbocycles. The van der Waals surface area contributed by atoms with Gasteiger partial charge in [0.1, 0.15) is 6.20 Å². The number of nitrogens with two attached hydrogens (primary N) is 1. The second-order valence-corrected chi connectivity index (χ2v) is 3.84. The fourth-order valence-electron chi connectivity index (χ4n) is 1.74. The van der Waals surface area contributed by atoms with Gasteiger partial charge in [0.25, 0.3) is 5.91 Å². The van der Waals surface area contributed by atoms with Gasteiger partial charge in [-0.1, -0.05) is 5.10 Å². The summed E-state index contributed by atoms with van der Waals surface area (Å²) in [5.41, 5.74) is 3.13. The lowest BCUT2D eigenvalue weighted by Gasteiger charge is -2.22. The van der Waals surface area contributed by atoms with Crippen LogP contribution in [0.25, 0.3) is 0 Å². The lowest BCUT2D eigenvalue weighted by molar-refractivity contribution is -0.590. The highest BCUT2D eigenvalue weighted by atomic mass is 16.5. The number of nitrogens with one attached hydrogen (secondary N) is 1. The third-order valence-electron chi connectivity index (χ3n) is 2.67. The summed E-state index contributed by atoms with van der Waals surface area (Å²) < 4.78 is 5.23. The largest absolute Gasteiger partial charge is 0.381 e. The van der Waals surface area contributed by atoms with Crippen LogP contribution in [0.1, 0.15) is 19.8 Å². The molecule has 82 valence electrons. The zero-order valence-electron chi connectivity index (χ0n) is 8.82. The molecule has 0 aromatic carbocycles. The van der Waals surface area contributed by atoms with Crippen molar-refractivity contribution in [2.75, 3.05) is 13.2 Å². The second-order valence-electron chi connectivity index (χ2n) is 3.84. The van der Waals surface area contributed by atoms with Crippen LogP contribution >= 0.6 is 0 Å². The molecule has 2 aliphatic rings. The molecular weight excluding hydrogens is 194 g/mol. The second kappa shape index (κ2) is 4.55. The first-order valence-corrected chi connectivity index (χ1v) is 5.24. The maximum absolute atomic E-state index is 11.8. The van der Waals surface area contributed by atoms with E-state index in [0.717, 1.165) is 31.6 Å². The lowest BCUT2D eigenvalue weighted by atomic mass is 10.1. The van der Waals surface area contributed by atoms with Crippen LogP contribution in [0.15, 0.2) is 16.9 Å². The minimum Gasteiger partial charge on any atom is -0.381 e. The Bertz CT molecular complexity index is 317. The van der Waals surface area contributed by atoms with Gasteiger partial charge in [-0.25, -0.2) is 0 Å². The van der Waals surface area contributed by atoms with Gasteiger partial charge in [0.05, 0.1) is 0 Å². The minimum absolute atomic E-state index is 0.0654.